The molecule has 0 radical (unpaired) electrons. The average molecular weight is 215 g/mol. The minimum absolute atomic E-state index is 0.146. The van der Waals surface area contributed by atoms with E-state index in [2.05, 4.69) is 5.32 Å². The first-order chi connectivity index (χ1) is 6.78. The second kappa shape index (κ2) is 2.90. The topological polar surface area (TPSA) is 12.0 Å². The van der Waals surface area contributed by atoms with Crippen molar-refractivity contribution in [2.45, 2.75) is 32.0 Å². The van der Waals surface area contributed by atoms with Gasteiger partial charge in [-0.3, -0.25) is 0 Å². The molecule has 1 aromatic rings. The van der Waals surface area contributed by atoms with Gasteiger partial charge in [-0.05, 0) is 44.0 Å². The zero-order valence-electron chi connectivity index (χ0n) is 8.57. The predicted octanol–water partition coefficient (Wildman–Crippen LogP) is 3.45. The molecule has 1 heterocycles. The molecule has 15 heavy (non-hydrogen) atoms. The van der Waals surface area contributed by atoms with E-state index in [1.54, 1.807) is 0 Å². The summed E-state index contributed by atoms with van der Waals surface area (Å²) >= 11 is 0. The van der Waals surface area contributed by atoms with Crippen LogP contribution in [0.4, 0.5) is 18.9 Å². The molecule has 0 atom stereocenters. The summed E-state index contributed by atoms with van der Waals surface area (Å²) in [5.41, 5.74) is 0.843. The fraction of sp³-hybridized carbons (Fsp3) is 0.455. The first-order valence-electron chi connectivity index (χ1n) is 4.76. The van der Waals surface area contributed by atoms with Gasteiger partial charge in [0.05, 0.1) is 5.56 Å². The van der Waals surface area contributed by atoms with E-state index in [1.165, 1.54) is 12.1 Å². The van der Waals surface area contributed by atoms with Crippen LogP contribution in [0.2, 0.25) is 0 Å². The first kappa shape index (κ1) is 10.3. The number of hydrogen-bond donors (Lipinski definition) is 1. The van der Waals surface area contributed by atoms with E-state index < -0.39 is 11.7 Å². The zero-order chi connectivity index (χ0) is 11.3. The van der Waals surface area contributed by atoms with E-state index in [1.807, 2.05) is 13.8 Å². The number of halogens is 3. The van der Waals surface area contributed by atoms with Crippen LogP contribution in [-0.2, 0) is 12.6 Å². The number of fused-ring (bicyclic) bond motifs is 1. The SMILES string of the molecule is CC1(C)Cc2cc(C(F)(F)F)ccc2N1. The van der Waals surface area contributed by atoms with E-state index in [-0.39, 0.29) is 5.54 Å². The summed E-state index contributed by atoms with van der Waals surface area (Å²) in [5.74, 6) is 0. The molecule has 0 unspecified atom stereocenters. The van der Waals surface area contributed by atoms with Crippen LogP contribution in [-0.4, -0.2) is 5.54 Å². The van der Waals surface area contributed by atoms with Crippen LogP contribution >= 0.6 is 0 Å². The lowest BCUT2D eigenvalue weighted by atomic mass is 9.99. The average Bonchev–Trinajstić information content (AvgIpc) is 2.34. The summed E-state index contributed by atoms with van der Waals surface area (Å²) < 4.78 is 37.3. The molecule has 1 nitrogen and oxygen atoms in total. The van der Waals surface area contributed by atoms with Crippen molar-refractivity contribution in [3.63, 3.8) is 0 Å². The van der Waals surface area contributed by atoms with Crippen molar-refractivity contribution in [1.29, 1.82) is 0 Å². The van der Waals surface area contributed by atoms with Crippen molar-refractivity contribution in [3.05, 3.63) is 29.3 Å². The Hall–Kier alpha value is -1.19. The van der Waals surface area contributed by atoms with Gasteiger partial charge in [-0.15, -0.1) is 0 Å². The number of hydrogen-bond acceptors (Lipinski definition) is 1. The molecule has 0 aliphatic carbocycles. The third kappa shape index (κ3) is 1.94. The van der Waals surface area contributed by atoms with Gasteiger partial charge < -0.3 is 5.32 Å². The smallest absolute Gasteiger partial charge is 0.380 e. The summed E-state index contributed by atoms with van der Waals surface area (Å²) in [5, 5.41) is 3.19. The number of anilines is 1. The maximum absolute atomic E-state index is 12.4. The minimum atomic E-state index is -4.25. The predicted molar refractivity (Wildman–Crippen MR) is 52.8 cm³/mol. The van der Waals surface area contributed by atoms with E-state index in [0.29, 0.717) is 6.42 Å². The molecule has 1 aliphatic heterocycles. The Morgan fingerprint density at radius 3 is 2.53 bits per heavy atom. The molecule has 1 aromatic carbocycles. The molecule has 0 fully saturated rings. The lowest BCUT2D eigenvalue weighted by Gasteiger charge is -2.17. The molecule has 1 N–H and O–H groups in total. The number of benzene rings is 1. The van der Waals surface area contributed by atoms with E-state index >= 15 is 0 Å². The molecule has 0 saturated heterocycles. The molecule has 0 saturated carbocycles. The number of nitrogens with one attached hydrogen (secondary N) is 1. The lowest BCUT2D eigenvalue weighted by Crippen LogP contribution is -2.26. The Morgan fingerprint density at radius 1 is 1.27 bits per heavy atom. The van der Waals surface area contributed by atoms with E-state index in [0.717, 1.165) is 17.3 Å². The molecule has 4 heteroatoms. The Kier molecular flexibility index (Phi) is 2.00. The second-order valence-corrected chi connectivity index (χ2v) is 4.56. The molecular weight excluding hydrogens is 203 g/mol. The molecule has 82 valence electrons. The van der Waals surface area contributed by atoms with Crippen LogP contribution in [0, 0.1) is 0 Å². The van der Waals surface area contributed by atoms with Crippen LogP contribution < -0.4 is 5.32 Å². The minimum Gasteiger partial charge on any atom is -0.380 e. The van der Waals surface area contributed by atoms with Crippen molar-refractivity contribution in [3.8, 4) is 0 Å². The van der Waals surface area contributed by atoms with Gasteiger partial charge in [0.1, 0.15) is 0 Å². The third-order valence-electron chi connectivity index (χ3n) is 2.54. The summed E-state index contributed by atoms with van der Waals surface area (Å²) in [4.78, 5) is 0. The fourth-order valence-corrected chi connectivity index (χ4v) is 1.92. The maximum Gasteiger partial charge on any atom is 0.416 e. The Balaban J connectivity index is 2.39. The zero-order valence-corrected chi connectivity index (χ0v) is 8.57. The van der Waals surface area contributed by atoms with Crippen molar-refractivity contribution in [1.82, 2.24) is 0 Å². The van der Waals surface area contributed by atoms with Crippen LogP contribution in [0.1, 0.15) is 25.0 Å². The third-order valence-corrected chi connectivity index (χ3v) is 2.54. The van der Waals surface area contributed by atoms with Crippen LogP contribution in [0.25, 0.3) is 0 Å². The standard InChI is InChI=1S/C11H12F3N/c1-10(2)6-7-5-8(11(12,13)14)3-4-9(7)15-10/h3-5,15H,6H2,1-2H3. The van der Waals surface area contributed by atoms with Gasteiger partial charge >= 0.3 is 6.18 Å². The van der Waals surface area contributed by atoms with Crippen molar-refractivity contribution >= 4 is 5.69 Å². The van der Waals surface area contributed by atoms with Gasteiger partial charge in [0, 0.05) is 11.2 Å². The summed E-state index contributed by atoms with van der Waals surface area (Å²) in [6.45, 7) is 3.94. The molecule has 0 amide bonds. The monoisotopic (exact) mass is 215 g/mol. The highest BCUT2D eigenvalue weighted by Crippen LogP contribution is 2.37. The Morgan fingerprint density at radius 2 is 1.93 bits per heavy atom. The van der Waals surface area contributed by atoms with Gasteiger partial charge in [-0.2, -0.15) is 13.2 Å². The van der Waals surface area contributed by atoms with Gasteiger partial charge in [-0.1, -0.05) is 0 Å². The van der Waals surface area contributed by atoms with Crippen LogP contribution in [0.5, 0.6) is 0 Å². The molecular formula is C11H12F3N. The molecule has 0 aromatic heterocycles. The highest BCUT2D eigenvalue weighted by atomic mass is 19.4. The normalized spacial score (nSPS) is 18.5. The lowest BCUT2D eigenvalue weighted by molar-refractivity contribution is -0.137. The van der Waals surface area contributed by atoms with Crippen LogP contribution in [0.3, 0.4) is 0 Å². The first-order valence-corrected chi connectivity index (χ1v) is 4.76. The molecule has 0 bridgehead atoms. The second-order valence-electron chi connectivity index (χ2n) is 4.56. The van der Waals surface area contributed by atoms with Gasteiger partial charge in [0.15, 0.2) is 0 Å². The fourth-order valence-electron chi connectivity index (χ4n) is 1.92. The van der Waals surface area contributed by atoms with Crippen molar-refractivity contribution in [2.24, 2.45) is 0 Å². The quantitative estimate of drug-likeness (QED) is 0.698. The Bertz CT molecular complexity index is 393. The van der Waals surface area contributed by atoms with E-state index in [4.69, 9.17) is 0 Å². The molecule has 0 spiro atoms. The van der Waals surface area contributed by atoms with Crippen LogP contribution in [0.15, 0.2) is 18.2 Å². The van der Waals surface area contributed by atoms with Crippen molar-refractivity contribution < 1.29 is 13.2 Å². The van der Waals surface area contributed by atoms with Gasteiger partial charge in [-0.25, -0.2) is 0 Å². The Labute approximate surface area is 86.3 Å². The van der Waals surface area contributed by atoms with Crippen molar-refractivity contribution in [2.75, 3.05) is 5.32 Å². The highest BCUT2D eigenvalue weighted by molar-refractivity contribution is 5.59. The number of alkyl halides is 3. The summed E-state index contributed by atoms with van der Waals surface area (Å²) in [6.07, 6.45) is -3.62. The molecule has 1 aliphatic rings. The maximum atomic E-state index is 12.4. The summed E-state index contributed by atoms with van der Waals surface area (Å²) in [6, 6.07) is 3.86. The number of rotatable bonds is 0. The summed E-state index contributed by atoms with van der Waals surface area (Å²) in [7, 11) is 0. The highest BCUT2D eigenvalue weighted by Gasteiger charge is 2.34. The molecule has 2 rings (SSSR count). The van der Waals surface area contributed by atoms with Gasteiger partial charge in [0.25, 0.3) is 0 Å². The van der Waals surface area contributed by atoms with E-state index in [9.17, 15) is 13.2 Å². The van der Waals surface area contributed by atoms with Gasteiger partial charge in [0.2, 0.25) is 0 Å². The largest absolute Gasteiger partial charge is 0.416 e.